The summed E-state index contributed by atoms with van der Waals surface area (Å²) in [6.07, 6.45) is 0.934. The Morgan fingerprint density at radius 3 is 2.37 bits per heavy atom. The van der Waals surface area contributed by atoms with Crippen LogP contribution >= 0.6 is 7.60 Å². The molecule has 0 aliphatic heterocycles. The summed E-state index contributed by atoms with van der Waals surface area (Å²) in [5.41, 5.74) is 3.98. The zero-order chi connectivity index (χ0) is 17.3. The quantitative estimate of drug-likeness (QED) is 0.425. The van der Waals surface area contributed by atoms with E-state index in [2.05, 4.69) is 20.8 Å². The summed E-state index contributed by atoms with van der Waals surface area (Å²) in [5.74, 6) is 0.213. The van der Waals surface area contributed by atoms with Gasteiger partial charge in [-0.05, 0) is 60.7 Å². The van der Waals surface area contributed by atoms with Gasteiger partial charge in [0.25, 0.3) is 0 Å². The molecule has 0 saturated heterocycles. The van der Waals surface area contributed by atoms with Crippen LogP contribution in [0, 0.1) is 5.92 Å². The molecule has 1 radical (unpaired) electrons. The van der Waals surface area contributed by atoms with Gasteiger partial charge in [-0.3, -0.25) is 9.09 Å². The maximum absolute atomic E-state index is 13.1. The Morgan fingerprint density at radius 1 is 1.19 bits per heavy atom. The third-order valence-corrected chi connectivity index (χ3v) is 7.43. The van der Waals surface area contributed by atoms with Crippen LogP contribution in [0.1, 0.15) is 34.1 Å². The molecular formula is C20H22Cl2O3PZr. The molecule has 2 aromatic carbocycles. The maximum atomic E-state index is 13.1. The van der Waals surface area contributed by atoms with Crippen molar-refractivity contribution in [2.45, 2.75) is 39.7 Å². The van der Waals surface area contributed by atoms with E-state index in [0.29, 0.717) is 5.30 Å². The fraction of sp³-hybridized carbons (Fsp3) is 0.350. The van der Waals surface area contributed by atoms with Gasteiger partial charge in [0, 0.05) is 0 Å². The Balaban J connectivity index is 0.00000121. The van der Waals surface area contributed by atoms with Crippen LogP contribution in [0.5, 0.6) is 0 Å². The predicted octanol–water partition coefficient (Wildman–Crippen LogP) is -1.16. The molecule has 1 saturated carbocycles. The minimum Gasteiger partial charge on any atom is -1.00 e. The molecule has 0 bridgehead atoms. The molecule has 3 unspecified atom stereocenters. The number of halogens is 2. The first-order chi connectivity index (χ1) is 11.3. The van der Waals surface area contributed by atoms with E-state index in [0.717, 1.165) is 22.8 Å². The molecule has 143 valence electrons. The minimum atomic E-state index is -3.91. The third kappa shape index (κ3) is 3.52. The van der Waals surface area contributed by atoms with Gasteiger partial charge in [-0.15, -0.1) is 35.0 Å². The summed E-state index contributed by atoms with van der Waals surface area (Å²) < 4.78 is 19.2. The summed E-state index contributed by atoms with van der Waals surface area (Å²) in [5, 5.41) is 2.31. The molecule has 0 heterocycles. The molecule has 4 rings (SSSR count). The fourth-order valence-electron chi connectivity index (χ4n) is 4.34. The van der Waals surface area contributed by atoms with Gasteiger partial charge in [0.2, 0.25) is 0 Å². The van der Waals surface area contributed by atoms with E-state index < -0.39 is 13.2 Å². The van der Waals surface area contributed by atoms with Crippen molar-refractivity contribution < 1.29 is 65.0 Å². The van der Waals surface area contributed by atoms with Crippen LogP contribution in [-0.2, 0) is 35.3 Å². The van der Waals surface area contributed by atoms with Gasteiger partial charge in [-0.1, -0.05) is 13.0 Å². The summed E-state index contributed by atoms with van der Waals surface area (Å²) >= 11 is 0. The predicted molar refractivity (Wildman–Crippen MR) is 97.7 cm³/mol. The van der Waals surface area contributed by atoms with Gasteiger partial charge >= 0.3 is 33.8 Å². The summed E-state index contributed by atoms with van der Waals surface area (Å²) in [4.78, 5) is 10.8. The van der Waals surface area contributed by atoms with Crippen LogP contribution in [0.4, 0.5) is 0 Å². The molecule has 27 heavy (non-hydrogen) atoms. The van der Waals surface area contributed by atoms with Crippen molar-refractivity contribution in [3.63, 3.8) is 0 Å². The third-order valence-electron chi connectivity index (χ3n) is 5.98. The van der Waals surface area contributed by atoms with Crippen molar-refractivity contribution in [1.82, 2.24) is 0 Å². The van der Waals surface area contributed by atoms with Crippen molar-refractivity contribution >= 4 is 23.7 Å². The van der Waals surface area contributed by atoms with Gasteiger partial charge in [0.15, 0.2) is 0 Å². The summed E-state index contributed by atoms with van der Waals surface area (Å²) in [6, 6.07) is 11.3. The van der Waals surface area contributed by atoms with E-state index in [4.69, 9.17) is 4.52 Å². The number of allylic oxidation sites excluding steroid dienone is 2. The fourth-order valence-corrected chi connectivity index (χ4v) is 5.87. The molecule has 3 atom stereocenters. The van der Waals surface area contributed by atoms with E-state index in [-0.39, 0.29) is 56.9 Å². The molecule has 1 N–H and O–H groups in total. The second kappa shape index (κ2) is 8.35. The summed E-state index contributed by atoms with van der Waals surface area (Å²) in [6.45, 7) is 8.29. The number of hydrogen-bond donors (Lipinski definition) is 1. The first kappa shape index (κ1) is 25.0. The molecule has 0 amide bonds. The molecule has 7 heteroatoms. The SMILES string of the molecule is CC1=C(C)C2(OP(=O)(O)c3cc4ccccc4[cH-]3)C(=C1C)CC2C.[Cl-].[Cl-].[Zr+3]. The second-order valence-electron chi connectivity index (χ2n) is 7.15. The van der Waals surface area contributed by atoms with Gasteiger partial charge in [0.05, 0.1) is 0 Å². The van der Waals surface area contributed by atoms with Crippen molar-refractivity contribution in [3.05, 3.63) is 58.7 Å². The molecule has 3 nitrogen and oxygen atoms in total. The van der Waals surface area contributed by atoms with Crippen molar-refractivity contribution in [3.8, 4) is 0 Å². The molecule has 0 aromatic heterocycles. The normalized spacial score (nSPS) is 25.7. The van der Waals surface area contributed by atoms with Gasteiger partial charge in [-0.2, -0.15) is 6.07 Å². The van der Waals surface area contributed by atoms with Crippen LogP contribution in [-0.4, -0.2) is 10.5 Å². The second-order valence-corrected chi connectivity index (χ2v) is 8.89. The zero-order valence-corrected chi connectivity index (χ0v) is 20.6. The first-order valence-electron chi connectivity index (χ1n) is 8.35. The van der Waals surface area contributed by atoms with Crippen molar-refractivity contribution in [2.24, 2.45) is 5.92 Å². The smallest absolute Gasteiger partial charge is 1.00 e. The van der Waals surface area contributed by atoms with Crippen LogP contribution in [0.3, 0.4) is 0 Å². The standard InChI is InChI=1S/C20H22O3P.2ClH.Zr/c1-12-9-19-14(3)13(2)15(4)20(12,19)23-24(21,22)18-10-16-7-5-6-8-17(16)11-18;;;/h5-8,10-12H,9H2,1-4H3,(H,21,22);2*1H;/q-1;;;+3/p-2. The minimum absolute atomic E-state index is 0. The number of fused-ring (bicyclic) bond motifs is 2. The van der Waals surface area contributed by atoms with Crippen molar-refractivity contribution in [2.75, 3.05) is 0 Å². The average Bonchev–Trinajstić information content (AvgIpc) is 3.04. The zero-order valence-electron chi connectivity index (χ0n) is 15.7. The number of rotatable bonds is 3. The molecular weight excluding hydrogens is 481 g/mol. The van der Waals surface area contributed by atoms with Crippen molar-refractivity contribution in [1.29, 1.82) is 0 Å². The monoisotopic (exact) mass is 501 g/mol. The largest absolute Gasteiger partial charge is 3.00 e. The molecule has 2 aliphatic carbocycles. The van der Waals surface area contributed by atoms with E-state index in [1.165, 1.54) is 16.7 Å². The Kier molecular flexibility index (Phi) is 7.72. The Bertz CT molecular complexity index is 926. The Morgan fingerprint density at radius 2 is 1.81 bits per heavy atom. The average molecular weight is 503 g/mol. The molecule has 1 fully saturated rings. The number of benzene rings is 1. The van der Waals surface area contributed by atoms with Crippen LogP contribution in [0.2, 0.25) is 0 Å². The maximum Gasteiger partial charge on any atom is 3.00 e. The molecule has 2 aliphatic rings. The van der Waals surface area contributed by atoms with E-state index in [1.54, 1.807) is 12.1 Å². The first-order valence-corrected chi connectivity index (χ1v) is 9.93. The number of hydrogen-bond acceptors (Lipinski definition) is 2. The topological polar surface area (TPSA) is 46.5 Å². The van der Waals surface area contributed by atoms with Crippen LogP contribution < -0.4 is 30.1 Å². The molecule has 2 aromatic rings. The van der Waals surface area contributed by atoms with E-state index in [1.807, 2.05) is 31.2 Å². The van der Waals surface area contributed by atoms with E-state index >= 15 is 0 Å². The van der Waals surface area contributed by atoms with E-state index in [9.17, 15) is 9.46 Å². The van der Waals surface area contributed by atoms with Gasteiger partial charge in [0.1, 0.15) is 5.60 Å². The Labute approximate surface area is 192 Å². The van der Waals surface area contributed by atoms with Crippen LogP contribution in [0.25, 0.3) is 10.8 Å². The van der Waals surface area contributed by atoms with Crippen LogP contribution in [0.15, 0.2) is 58.7 Å². The van der Waals surface area contributed by atoms with Gasteiger partial charge in [-0.25, -0.2) is 0 Å². The summed E-state index contributed by atoms with van der Waals surface area (Å²) in [7, 11) is -3.91. The van der Waals surface area contributed by atoms with Gasteiger partial charge < -0.3 is 29.7 Å². The Hall–Kier alpha value is -0.0769. The molecule has 0 spiro atoms.